The van der Waals surface area contributed by atoms with Gasteiger partial charge in [-0.05, 0) is 98.5 Å². The molecule has 8 amide bonds. The van der Waals surface area contributed by atoms with E-state index in [4.69, 9.17) is 25.1 Å². The standard InChI is InChI=1S/C71H110N8O16/c1-15-46(8)64(58(93-13)41-60(84)79-38-24-29-55(79)66(94-14)47(9)67(88)74-48(10)65(87)50-25-19-18-20-26-50)77(11)69(90)54(43(2)3)40-57(82)63(45(6)7)78(12)71(92)95-42-49-31-33-52(34-32-49)75-68(89)51(27-23-37-73-70(72)91)39-56(81)62(44(4)5)76-59(83)30-22-17-16-21-28-53(80)35-36-61(85)86/h18-20,25-26,31-36,43-48,51,54-55,58,62-66,87H,15-17,21-24,27-30,37-42H2,1-14H3,(H,74,88)(H,75,89)(H,76,83)(H,85,86)(H3,72,73,91)/b36-35-/t46-,47+,48+,51+,54-,55-,58+,62-,63-,64-,65+,66+/m0/s1. The molecule has 2 aromatic carbocycles. The molecule has 1 fully saturated rings. The normalized spacial score (nSPS) is 16.7. The summed E-state index contributed by atoms with van der Waals surface area (Å²) in [4.78, 5) is 151. The van der Waals surface area contributed by atoms with Gasteiger partial charge in [-0.1, -0.05) is 124 Å². The highest BCUT2D eigenvalue weighted by atomic mass is 16.6. The maximum atomic E-state index is 14.9. The van der Waals surface area contributed by atoms with E-state index in [1.54, 1.807) is 94.8 Å². The van der Waals surface area contributed by atoms with E-state index in [-0.39, 0.29) is 116 Å². The number of aliphatic hydroxyl groups excluding tert-OH is 1. The van der Waals surface area contributed by atoms with Crippen molar-refractivity contribution in [3.63, 3.8) is 0 Å². The number of aliphatic carboxylic acids is 1. The van der Waals surface area contributed by atoms with Crippen LogP contribution in [0.5, 0.6) is 0 Å². The summed E-state index contributed by atoms with van der Waals surface area (Å²) in [6.07, 6.45) is 3.32. The molecule has 0 saturated carbocycles. The van der Waals surface area contributed by atoms with Crippen molar-refractivity contribution < 1.29 is 77.2 Å². The van der Waals surface area contributed by atoms with E-state index >= 15 is 0 Å². The number of methoxy groups -OCH3 is 2. The molecule has 24 heteroatoms. The Kier molecular flexibility index (Phi) is 35.6. The van der Waals surface area contributed by atoms with E-state index in [0.29, 0.717) is 74.7 Å². The zero-order chi connectivity index (χ0) is 71.2. The van der Waals surface area contributed by atoms with Crippen molar-refractivity contribution in [1.29, 1.82) is 0 Å². The summed E-state index contributed by atoms with van der Waals surface area (Å²) in [6, 6.07) is 11.4. The molecule has 0 radical (unpaired) electrons. The Morgan fingerprint density at radius 1 is 0.726 bits per heavy atom. The number of allylic oxidation sites excluding steroid dienone is 1. The lowest BCUT2D eigenvalue weighted by Crippen LogP contribution is -2.55. The average molecular weight is 1330 g/mol. The van der Waals surface area contributed by atoms with Gasteiger partial charge in [-0.3, -0.25) is 38.4 Å². The Labute approximate surface area is 562 Å². The number of ether oxygens (including phenoxy) is 3. The number of primary amides is 1. The molecule has 0 spiro atoms. The summed E-state index contributed by atoms with van der Waals surface area (Å²) in [7, 11) is 6.18. The van der Waals surface area contributed by atoms with Gasteiger partial charge in [0, 0.05) is 90.7 Å². The Balaban J connectivity index is 1.67. The van der Waals surface area contributed by atoms with Crippen LogP contribution in [-0.2, 0) is 64.0 Å². The molecule has 1 aliphatic rings. The van der Waals surface area contributed by atoms with Gasteiger partial charge in [-0.15, -0.1) is 0 Å². The van der Waals surface area contributed by atoms with Gasteiger partial charge in [0.1, 0.15) is 6.61 Å². The second-order valence-corrected chi connectivity index (χ2v) is 26.4. The van der Waals surface area contributed by atoms with Gasteiger partial charge in [-0.25, -0.2) is 14.4 Å². The number of nitrogens with one attached hydrogen (secondary N) is 4. The average Bonchev–Trinajstić information content (AvgIpc) is 1.84. The molecule has 2 aromatic rings. The number of nitrogens with zero attached hydrogens (tertiary/aromatic N) is 3. The van der Waals surface area contributed by atoms with Gasteiger partial charge < -0.3 is 66.1 Å². The minimum atomic E-state index is -1.20. The van der Waals surface area contributed by atoms with Crippen molar-refractivity contribution in [2.45, 2.75) is 214 Å². The summed E-state index contributed by atoms with van der Waals surface area (Å²) in [5, 5.41) is 30.8. The SMILES string of the molecule is CC[C@H](C)[C@@H]([C@@H](CC(=O)N1CCC[C@H]1[C@H](OC)[C@@H](C)C(=O)N[C@H](C)[C@@H](O)c1ccccc1)OC)N(C)C(=O)[C@@H](CC(=O)[C@H](C(C)C)N(C)C(=O)OCc1ccc(NC(=O)[C@H](CCCNC(N)=O)CC(=O)[C@@H](NC(=O)CCCCCCC(=O)/C=C\C(=O)O)C(C)C)cc1)C(C)C. The number of aliphatic hydroxyl groups is 1. The number of ketones is 3. The van der Waals surface area contributed by atoms with Crippen molar-refractivity contribution >= 4 is 70.7 Å². The third-order valence-corrected chi connectivity index (χ3v) is 18.2. The van der Waals surface area contributed by atoms with Crippen LogP contribution in [-0.4, -0.2) is 174 Å². The monoisotopic (exact) mass is 1330 g/mol. The highest BCUT2D eigenvalue weighted by Gasteiger charge is 2.44. The number of unbranched alkanes of at least 4 members (excludes halogenated alkanes) is 3. The second-order valence-electron chi connectivity index (χ2n) is 26.4. The molecule has 0 bridgehead atoms. The quantitative estimate of drug-likeness (QED) is 0.0242. The molecule has 1 heterocycles. The van der Waals surface area contributed by atoms with E-state index in [9.17, 15) is 57.8 Å². The predicted octanol–water partition coefficient (Wildman–Crippen LogP) is 8.32. The highest BCUT2D eigenvalue weighted by Crippen LogP contribution is 2.32. The number of carboxylic acids is 1. The van der Waals surface area contributed by atoms with Crippen LogP contribution in [0, 0.1) is 41.4 Å². The number of carboxylic acid groups (broad SMARTS) is 1. The number of carbonyl (C=O) groups excluding carboxylic acids is 10. The van der Waals surface area contributed by atoms with Gasteiger partial charge in [0.05, 0.1) is 60.9 Å². The Hall–Kier alpha value is -7.57. The number of hydrogen-bond donors (Lipinski definition) is 7. The summed E-state index contributed by atoms with van der Waals surface area (Å²) in [5.74, 6) is -7.35. The van der Waals surface area contributed by atoms with Crippen LogP contribution in [0.1, 0.15) is 176 Å². The van der Waals surface area contributed by atoms with Crippen LogP contribution < -0.4 is 27.0 Å². The van der Waals surface area contributed by atoms with Crippen molar-refractivity contribution in [3.8, 4) is 0 Å². The lowest BCUT2D eigenvalue weighted by atomic mass is 9.83. The lowest BCUT2D eigenvalue weighted by Gasteiger charge is -2.41. The third-order valence-electron chi connectivity index (χ3n) is 18.2. The topological polar surface area (TPSA) is 340 Å². The van der Waals surface area contributed by atoms with Crippen LogP contribution in [0.15, 0.2) is 66.7 Å². The van der Waals surface area contributed by atoms with Crippen LogP contribution in [0.4, 0.5) is 15.3 Å². The summed E-state index contributed by atoms with van der Waals surface area (Å²) in [5.41, 5.74) is 6.86. The molecule has 8 N–H and O–H groups in total. The number of nitrogens with two attached hydrogens (primary N) is 1. The van der Waals surface area contributed by atoms with Crippen molar-refractivity contribution in [3.05, 3.63) is 77.9 Å². The van der Waals surface area contributed by atoms with Gasteiger partial charge in [0.2, 0.25) is 29.5 Å². The largest absolute Gasteiger partial charge is 0.478 e. The zero-order valence-corrected chi connectivity index (χ0v) is 58.6. The van der Waals surface area contributed by atoms with Gasteiger partial charge in [0.25, 0.3) is 0 Å². The van der Waals surface area contributed by atoms with Gasteiger partial charge in [0.15, 0.2) is 17.3 Å². The number of anilines is 1. The van der Waals surface area contributed by atoms with E-state index in [1.165, 1.54) is 26.2 Å². The highest BCUT2D eigenvalue weighted by molar-refractivity contribution is 5.98. The fraction of sp³-hybridized carbons (Fsp3) is 0.648. The molecule has 0 unspecified atom stereocenters. The maximum Gasteiger partial charge on any atom is 0.410 e. The number of amides is 8. The molecule has 0 aliphatic carbocycles. The molecule has 530 valence electrons. The molecule has 1 aliphatic heterocycles. The molecule has 3 rings (SSSR count). The zero-order valence-electron chi connectivity index (χ0n) is 58.6. The van der Waals surface area contributed by atoms with Crippen molar-refractivity contribution in [2.24, 2.45) is 47.2 Å². The van der Waals surface area contributed by atoms with Gasteiger partial charge in [-0.2, -0.15) is 0 Å². The second kappa shape index (κ2) is 41.4. The first kappa shape index (κ1) is 81.7. The molecule has 0 aromatic heterocycles. The predicted molar refractivity (Wildman–Crippen MR) is 361 cm³/mol. The number of hydrogen-bond acceptors (Lipinski definition) is 15. The molecular weight excluding hydrogens is 1220 g/mol. The van der Waals surface area contributed by atoms with E-state index in [2.05, 4.69) is 21.3 Å². The van der Waals surface area contributed by atoms with Crippen molar-refractivity contribution in [1.82, 2.24) is 30.7 Å². The Morgan fingerprint density at radius 3 is 1.94 bits per heavy atom. The van der Waals surface area contributed by atoms with E-state index in [0.717, 1.165) is 12.2 Å². The molecular formula is C71H110N8O16. The summed E-state index contributed by atoms with van der Waals surface area (Å²) >= 11 is 0. The van der Waals surface area contributed by atoms with E-state index in [1.807, 2.05) is 45.9 Å². The maximum absolute atomic E-state index is 14.9. The van der Waals surface area contributed by atoms with Crippen LogP contribution in [0.25, 0.3) is 0 Å². The minimum Gasteiger partial charge on any atom is -0.478 e. The number of likely N-dealkylation sites (tertiary alicyclic amines) is 1. The smallest absolute Gasteiger partial charge is 0.410 e. The first-order chi connectivity index (χ1) is 44.9. The van der Waals surface area contributed by atoms with Crippen LogP contribution in [0.2, 0.25) is 0 Å². The van der Waals surface area contributed by atoms with E-state index < -0.39 is 90.3 Å². The molecule has 95 heavy (non-hydrogen) atoms. The Morgan fingerprint density at radius 2 is 1.37 bits per heavy atom. The molecule has 12 atom stereocenters. The summed E-state index contributed by atoms with van der Waals surface area (Å²) in [6.45, 7) is 18.8. The van der Waals surface area contributed by atoms with Crippen molar-refractivity contribution in [2.75, 3.05) is 46.7 Å². The summed E-state index contributed by atoms with van der Waals surface area (Å²) < 4.78 is 17.8. The third kappa shape index (κ3) is 26.5. The Bertz CT molecular complexity index is 2850. The number of urea groups is 1. The minimum absolute atomic E-state index is 0.0718. The number of Topliss-reactive ketones (excluding diaryl/α,β-unsaturated/α-hetero) is 2. The number of likely N-dealkylation sites (N-methyl/N-ethyl adjacent to an activating group) is 2. The van der Waals surface area contributed by atoms with Crippen LogP contribution >= 0.6 is 0 Å². The number of benzene rings is 2. The number of carbonyl (C=O) groups is 11. The lowest BCUT2D eigenvalue weighted by molar-refractivity contribution is -0.149. The first-order valence-corrected chi connectivity index (χ1v) is 33.6. The first-order valence-electron chi connectivity index (χ1n) is 33.6. The molecule has 24 nitrogen and oxygen atoms in total. The fourth-order valence-electron chi connectivity index (χ4n) is 12.5. The fourth-order valence-corrected chi connectivity index (χ4v) is 12.5. The van der Waals surface area contributed by atoms with Gasteiger partial charge >= 0.3 is 18.1 Å². The molecule has 1 saturated heterocycles. The van der Waals surface area contributed by atoms with Crippen LogP contribution in [0.3, 0.4) is 0 Å². The number of rotatable bonds is 43.